The molecule has 7 nitrogen and oxygen atoms in total. The number of pyridine rings is 1. The van der Waals surface area contributed by atoms with Crippen molar-refractivity contribution >= 4 is 12.0 Å². The molecule has 1 saturated heterocycles. The Bertz CT molecular complexity index is 1130. The molecule has 1 aromatic heterocycles. The third-order valence-electron chi connectivity index (χ3n) is 6.42. The molecule has 2 amide bonds. The van der Waals surface area contributed by atoms with Gasteiger partial charge in [-0.25, -0.2) is 9.78 Å². The Morgan fingerprint density at radius 3 is 2.40 bits per heavy atom. The van der Waals surface area contributed by atoms with Crippen LogP contribution in [0.3, 0.4) is 0 Å². The number of ether oxygens (including phenoxy) is 2. The summed E-state index contributed by atoms with van der Waals surface area (Å²) in [5, 5.41) is 3.23. The van der Waals surface area contributed by atoms with E-state index in [0.29, 0.717) is 31.8 Å². The van der Waals surface area contributed by atoms with Crippen LogP contribution in [0.25, 0.3) is 0 Å². The number of hydrogen-bond acceptors (Lipinski definition) is 5. The first-order chi connectivity index (χ1) is 17.0. The second kappa shape index (κ2) is 11.5. The van der Waals surface area contributed by atoms with Crippen LogP contribution in [0, 0.1) is 12.8 Å². The first kappa shape index (κ1) is 24.3. The fraction of sp³-hybridized carbons (Fsp3) is 0.321. The van der Waals surface area contributed by atoms with E-state index in [9.17, 15) is 9.59 Å². The Morgan fingerprint density at radius 1 is 1.03 bits per heavy atom. The molecule has 0 bridgehead atoms. The summed E-state index contributed by atoms with van der Waals surface area (Å²) in [4.78, 5) is 31.8. The van der Waals surface area contributed by atoms with Crippen LogP contribution in [0.5, 0.6) is 5.88 Å². The molecule has 0 unspecified atom stereocenters. The number of aromatic nitrogens is 1. The van der Waals surface area contributed by atoms with Crippen molar-refractivity contribution in [2.75, 3.05) is 20.2 Å². The lowest BCUT2D eigenvalue weighted by atomic mass is 9.92. The van der Waals surface area contributed by atoms with Crippen molar-refractivity contribution in [1.29, 1.82) is 0 Å². The molecule has 2 aromatic carbocycles. The van der Waals surface area contributed by atoms with Crippen molar-refractivity contribution in [1.82, 2.24) is 15.2 Å². The number of likely N-dealkylation sites (tertiary alicyclic amines) is 1. The number of nitrogens with one attached hydrogen (secondary N) is 1. The maximum Gasteiger partial charge on any atom is 0.410 e. The summed E-state index contributed by atoms with van der Waals surface area (Å²) in [5.41, 5.74) is 3.94. The molecule has 7 heteroatoms. The first-order valence-electron chi connectivity index (χ1n) is 11.9. The maximum atomic E-state index is 13.3. The van der Waals surface area contributed by atoms with E-state index in [1.165, 1.54) is 0 Å². The van der Waals surface area contributed by atoms with Crippen LogP contribution in [-0.2, 0) is 16.1 Å². The molecule has 182 valence electrons. The largest absolute Gasteiger partial charge is 0.481 e. The van der Waals surface area contributed by atoms with Gasteiger partial charge < -0.3 is 19.7 Å². The monoisotopic (exact) mass is 473 g/mol. The second-order valence-corrected chi connectivity index (χ2v) is 8.73. The lowest BCUT2D eigenvalue weighted by Gasteiger charge is -2.32. The zero-order chi connectivity index (χ0) is 24.6. The Balaban J connectivity index is 1.38. The molecule has 0 aliphatic carbocycles. The van der Waals surface area contributed by atoms with Gasteiger partial charge in [0.2, 0.25) is 11.8 Å². The van der Waals surface area contributed by atoms with Gasteiger partial charge in [0.15, 0.2) is 0 Å². The van der Waals surface area contributed by atoms with Crippen LogP contribution in [0.4, 0.5) is 4.79 Å². The number of rotatable bonds is 7. The minimum atomic E-state index is -0.338. The molecule has 0 spiro atoms. The normalized spacial score (nSPS) is 14.7. The third-order valence-corrected chi connectivity index (χ3v) is 6.42. The van der Waals surface area contributed by atoms with Crippen LogP contribution >= 0.6 is 0 Å². The number of carbonyl (C=O) groups is 2. The molecular formula is C28H31N3O4. The molecule has 35 heavy (non-hydrogen) atoms. The van der Waals surface area contributed by atoms with Gasteiger partial charge in [0, 0.05) is 31.3 Å². The van der Waals surface area contributed by atoms with E-state index in [4.69, 9.17) is 9.47 Å². The van der Waals surface area contributed by atoms with E-state index in [0.717, 1.165) is 22.3 Å². The van der Waals surface area contributed by atoms with Crippen LogP contribution in [-0.4, -0.2) is 42.1 Å². The van der Waals surface area contributed by atoms with E-state index in [1.54, 1.807) is 24.3 Å². The van der Waals surface area contributed by atoms with Crippen molar-refractivity contribution in [3.8, 4) is 5.88 Å². The minimum Gasteiger partial charge on any atom is -0.481 e. The first-order valence-corrected chi connectivity index (χ1v) is 11.9. The predicted octanol–water partition coefficient (Wildman–Crippen LogP) is 4.65. The Labute approximate surface area is 206 Å². The lowest BCUT2D eigenvalue weighted by Crippen LogP contribution is -2.44. The summed E-state index contributed by atoms with van der Waals surface area (Å²) in [6.45, 7) is 3.26. The highest BCUT2D eigenvalue weighted by Gasteiger charge is 2.30. The molecule has 1 N–H and O–H groups in total. The summed E-state index contributed by atoms with van der Waals surface area (Å²) in [5.74, 6) is 0.326. The van der Waals surface area contributed by atoms with Gasteiger partial charge in [0.1, 0.15) is 6.61 Å². The van der Waals surface area contributed by atoms with Gasteiger partial charge in [-0.15, -0.1) is 0 Å². The van der Waals surface area contributed by atoms with Gasteiger partial charge in [-0.3, -0.25) is 4.79 Å². The molecule has 2 heterocycles. The number of piperidine rings is 1. The number of hydrogen-bond donors (Lipinski definition) is 1. The highest BCUT2D eigenvalue weighted by Crippen LogP contribution is 2.27. The molecule has 1 aliphatic rings. The Hall–Kier alpha value is -3.87. The number of methoxy groups -OCH3 is 1. The minimum absolute atomic E-state index is 0.0219. The highest BCUT2D eigenvalue weighted by molar-refractivity contribution is 5.80. The van der Waals surface area contributed by atoms with Crippen LogP contribution in [0.15, 0.2) is 72.9 Å². The second-order valence-electron chi connectivity index (χ2n) is 8.73. The molecule has 4 rings (SSSR count). The molecule has 3 aromatic rings. The number of amides is 2. The number of nitrogens with zero attached hydrogens (tertiary/aromatic N) is 2. The average molecular weight is 474 g/mol. The van der Waals surface area contributed by atoms with E-state index in [-0.39, 0.29) is 30.6 Å². The molecule has 1 aliphatic heterocycles. The quantitative estimate of drug-likeness (QED) is 0.540. The van der Waals surface area contributed by atoms with Crippen LogP contribution in [0.1, 0.15) is 41.1 Å². The van der Waals surface area contributed by atoms with Gasteiger partial charge in [0.05, 0.1) is 13.2 Å². The topological polar surface area (TPSA) is 80.8 Å². The summed E-state index contributed by atoms with van der Waals surface area (Å²) >= 11 is 0. The SMILES string of the molecule is COc1ccc([C@H](NC(=O)C2CCN(C(=O)OCc3ccccc3)CC2)c2ccccc2C)cn1. The van der Waals surface area contributed by atoms with E-state index < -0.39 is 0 Å². The van der Waals surface area contributed by atoms with E-state index >= 15 is 0 Å². The van der Waals surface area contributed by atoms with Crippen molar-refractivity contribution in [2.24, 2.45) is 5.92 Å². The zero-order valence-electron chi connectivity index (χ0n) is 20.1. The fourth-order valence-electron chi connectivity index (χ4n) is 4.33. The Kier molecular flexibility index (Phi) is 7.98. The lowest BCUT2D eigenvalue weighted by molar-refractivity contribution is -0.126. The van der Waals surface area contributed by atoms with Gasteiger partial charge in [-0.05, 0) is 48.1 Å². The molecular weight excluding hydrogens is 442 g/mol. The summed E-state index contributed by atoms with van der Waals surface area (Å²) in [6.07, 6.45) is 2.58. The molecule has 1 atom stereocenters. The van der Waals surface area contributed by atoms with Gasteiger partial charge in [-0.1, -0.05) is 54.6 Å². The number of aryl methyl sites for hydroxylation is 1. The van der Waals surface area contributed by atoms with Gasteiger partial charge >= 0.3 is 6.09 Å². The molecule has 0 saturated carbocycles. The average Bonchev–Trinajstić information content (AvgIpc) is 2.91. The van der Waals surface area contributed by atoms with E-state index in [1.807, 2.05) is 67.6 Å². The number of carbonyl (C=O) groups excluding carboxylic acids is 2. The van der Waals surface area contributed by atoms with Crippen molar-refractivity contribution in [2.45, 2.75) is 32.4 Å². The Morgan fingerprint density at radius 2 is 1.74 bits per heavy atom. The van der Waals surface area contributed by atoms with Crippen molar-refractivity contribution < 1.29 is 19.1 Å². The summed E-state index contributed by atoms with van der Waals surface area (Å²) < 4.78 is 10.6. The highest BCUT2D eigenvalue weighted by atomic mass is 16.6. The zero-order valence-corrected chi connectivity index (χ0v) is 20.1. The van der Waals surface area contributed by atoms with E-state index in [2.05, 4.69) is 10.3 Å². The number of benzene rings is 2. The van der Waals surface area contributed by atoms with Crippen molar-refractivity contribution in [3.05, 3.63) is 95.2 Å². The summed E-state index contributed by atoms with van der Waals surface area (Å²) in [7, 11) is 1.58. The third kappa shape index (κ3) is 6.18. The van der Waals surface area contributed by atoms with Gasteiger partial charge in [-0.2, -0.15) is 0 Å². The van der Waals surface area contributed by atoms with Crippen molar-refractivity contribution in [3.63, 3.8) is 0 Å². The molecule has 0 radical (unpaired) electrons. The maximum absolute atomic E-state index is 13.3. The molecule has 1 fully saturated rings. The van der Waals surface area contributed by atoms with Crippen LogP contribution in [0.2, 0.25) is 0 Å². The predicted molar refractivity (Wildman–Crippen MR) is 133 cm³/mol. The van der Waals surface area contributed by atoms with Crippen LogP contribution < -0.4 is 10.1 Å². The fourth-order valence-corrected chi connectivity index (χ4v) is 4.33. The summed E-state index contributed by atoms with van der Waals surface area (Å²) in [6, 6.07) is 21.0. The standard InChI is InChI=1S/C28H31N3O4/c1-20-8-6-7-11-24(20)26(23-12-13-25(34-2)29-18-23)30-27(32)22-14-16-31(17-15-22)28(33)35-19-21-9-4-3-5-10-21/h3-13,18,22,26H,14-17,19H2,1-2H3,(H,30,32)/t26-/m0/s1. The smallest absolute Gasteiger partial charge is 0.410 e. The van der Waals surface area contributed by atoms with Gasteiger partial charge in [0.25, 0.3) is 0 Å².